The van der Waals surface area contributed by atoms with Gasteiger partial charge in [-0.1, -0.05) is 6.08 Å². The van der Waals surface area contributed by atoms with E-state index >= 15 is 0 Å². The highest BCUT2D eigenvalue weighted by Gasteiger charge is 2.34. The van der Waals surface area contributed by atoms with E-state index in [1.165, 1.54) is 18.2 Å². The van der Waals surface area contributed by atoms with Crippen molar-refractivity contribution in [3.8, 4) is 11.8 Å². The fourth-order valence-electron chi connectivity index (χ4n) is 2.10. The number of nitrogens with two attached hydrogens (primary N) is 1. The summed E-state index contributed by atoms with van der Waals surface area (Å²) in [7, 11) is 0. The normalized spacial score (nSPS) is 15.8. The van der Waals surface area contributed by atoms with Crippen LogP contribution in [0.4, 0.5) is 13.2 Å². The van der Waals surface area contributed by atoms with Crippen molar-refractivity contribution in [3.05, 3.63) is 59.2 Å². The predicted octanol–water partition coefficient (Wildman–Crippen LogP) is 2.22. The van der Waals surface area contributed by atoms with Gasteiger partial charge in [-0.2, -0.15) is 18.4 Å². The largest absolute Gasteiger partial charge is 0.457 e. The summed E-state index contributed by atoms with van der Waals surface area (Å²) in [6, 6.07) is 4.20. The molecule has 1 aromatic carbocycles. The number of carbonyl (C=O) groups excluding carboxylic acids is 1. The molecule has 0 aliphatic heterocycles. The molecule has 1 aromatic rings. The average Bonchev–Trinajstić information content (AvgIpc) is 2.53. The summed E-state index contributed by atoms with van der Waals surface area (Å²) in [5, 5.41) is 18.7. The summed E-state index contributed by atoms with van der Waals surface area (Å²) in [6.45, 7) is 0. The maximum absolute atomic E-state index is 12.8. The highest BCUT2D eigenvalue weighted by atomic mass is 19.4. The number of aliphatic hydroxyl groups is 1. The average molecular weight is 337 g/mol. The Bertz CT molecular complexity index is 761. The van der Waals surface area contributed by atoms with E-state index < -0.39 is 29.3 Å². The molecule has 1 aliphatic carbocycles. The summed E-state index contributed by atoms with van der Waals surface area (Å²) >= 11 is 0. The van der Waals surface area contributed by atoms with Crippen LogP contribution < -0.4 is 10.5 Å². The number of halogens is 3. The summed E-state index contributed by atoms with van der Waals surface area (Å²) in [6.07, 6.45) is -1.20. The molecule has 3 N–H and O–H groups in total. The number of ether oxygens (including phenoxy) is 1. The molecule has 1 amide bonds. The van der Waals surface area contributed by atoms with Gasteiger partial charge in [0.15, 0.2) is 6.10 Å². The first-order valence-electron chi connectivity index (χ1n) is 6.74. The highest BCUT2D eigenvalue weighted by molar-refractivity contribution is 5.83. The molecule has 0 fully saturated rings. The molecule has 5 nitrogen and oxygen atoms in total. The van der Waals surface area contributed by atoms with E-state index in [0.717, 1.165) is 18.2 Å². The fraction of sp³-hybridized carbons (Fsp3) is 0.188. The number of carbonyl (C=O) groups is 1. The molecule has 8 heteroatoms. The Kier molecular flexibility index (Phi) is 4.95. The predicted molar refractivity (Wildman–Crippen MR) is 77.1 cm³/mol. The molecule has 1 atom stereocenters. The van der Waals surface area contributed by atoms with Crippen LogP contribution in [0.2, 0.25) is 0 Å². The summed E-state index contributed by atoms with van der Waals surface area (Å²) in [4.78, 5) is 11.1. The lowest BCUT2D eigenvalue weighted by atomic mass is 9.99. The summed E-state index contributed by atoms with van der Waals surface area (Å²) in [5.74, 6) is -0.932. The SMILES string of the molecule is N#Cc1cc(OC2=CC[CH]C=C2C(O)C(N)=O)ccc1C(F)(F)F. The van der Waals surface area contributed by atoms with Crippen molar-refractivity contribution in [2.24, 2.45) is 5.73 Å². The van der Waals surface area contributed by atoms with Crippen LogP contribution in [-0.4, -0.2) is 17.1 Å². The molecule has 2 rings (SSSR count). The fourth-order valence-corrected chi connectivity index (χ4v) is 2.10. The molecular weight excluding hydrogens is 325 g/mol. The van der Waals surface area contributed by atoms with Gasteiger partial charge < -0.3 is 15.6 Å². The lowest BCUT2D eigenvalue weighted by Crippen LogP contribution is -2.32. The number of rotatable bonds is 4. The van der Waals surface area contributed by atoms with E-state index in [1.54, 1.807) is 6.42 Å². The zero-order chi connectivity index (χ0) is 17.9. The van der Waals surface area contributed by atoms with Crippen LogP contribution in [0.15, 0.2) is 41.7 Å². The molecule has 0 bridgehead atoms. The van der Waals surface area contributed by atoms with Gasteiger partial charge in [-0.25, -0.2) is 0 Å². The Labute approximate surface area is 135 Å². The second kappa shape index (κ2) is 6.76. The number of hydrogen-bond acceptors (Lipinski definition) is 4. The standard InChI is InChI=1S/C16H12F3N2O3/c17-16(18,19)12-6-5-10(7-9(12)8-20)24-13-4-2-1-3-11(13)14(22)15(21)23/h1,3-7,14,22H,2H2,(H2,21,23). The first-order valence-corrected chi connectivity index (χ1v) is 6.74. The minimum Gasteiger partial charge on any atom is -0.457 e. The van der Waals surface area contributed by atoms with Crippen molar-refractivity contribution in [1.29, 1.82) is 5.26 Å². The Hall–Kier alpha value is -2.79. The van der Waals surface area contributed by atoms with Gasteiger partial charge >= 0.3 is 6.18 Å². The second-order valence-electron chi connectivity index (χ2n) is 4.89. The van der Waals surface area contributed by atoms with Gasteiger partial charge in [0.1, 0.15) is 11.5 Å². The van der Waals surface area contributed by atoms with Crippen molar-refractivity contribution in [1.82, 2.24) is 0 Å². The molecule has 0 spiro atoms. The third-order valence-electron chi connectivity index (χ3n) is 3.23. The molecule has 24 heavy (non-hydrogen) atoms. The molecule has 125 valence electrons. The van der Waals surface area contributed by atoms with E-state index in [9.17, 15) is 23.1 Å². The number of primary amides is 1. The Balaban J connectivity index is 2.31. The number of benzene rings is 1. The van der Waals surface area contributed by atoms with Crippen LogP contribution in [0.25, 0.3) is 0 Å². The molecule has 0 saturated carbocycles. The van der Waals surface area contributed by atoms with Crippen molar-refractivity contribution < 1.29 is 27.8 Å². The first-order chi connectivity index (χ1) is 11.2. The summed E-state index contributed by atoms with van der Waals surface area (Å²) in [5.41, 5.74) is 3.46. The maximum Gasteiger partial charge on any atom is 0.417 e. The van der Waals surface area contributed by atoms with Crippen LogP contribution in [0.1, 0.15) is 17.5 Å². The van der Waals surface area contributed by atoms with E-state index in [1.807, 2.05) is 0 Å². The Morgan fingerprint density at radius 1 is 1.42 bits per heavy atom. The molecule has 0 heterocycles. The Morgan fingerprint density at radius 2 is 2.12 bits per heavy atom. The van der Waals surface area contributed by atoms with Crippen molar-refractivity contribution in [3.63, 3.8) is 0 Å². The van der Waals surface area contributed by atoms with E-state index in [0.29, 0.717) is 6.42 Å². The third-order valence-corrected chi connectivity index (χ3v) is 3.23. The van der Waals surface area contributed by atoms with E-state index in [-0.39, 0.29) is 17.1 Å². The van der Waals surface area contributed by atoms with Crippen LogP contribution in [-0.2, 0) is 11.0 Å². The molecular formula is C16H12F3N2O3. The molecule has 1 radical (unpaired) electrons. The lowest BCUT2D eigenvalue weighted by molar-refractivity contribution is -0.137. The number of allylic oxidation sites excluding steroid dienone is 2. The smallest absolute Gasteiger partial charge is 0.417 e. The van der Waals surface area contributed by atoms with Crippen molar-refractivity contribution in [2.75, 3.05) is 0 Å². The van der Waals surface area contributed by atoms with Gasteiger partial charge in [0.05, 0.1) is 17.2 Å². The van der Waals surface area contributed by atoms with Crippen LogP contribution in [0, 0.1) is 17.8 Å². The van der Waals surface area contributed by atoms with Gasteiger partial charge in [0, 0.05) is 5.57 Å². The quantitative estimate of drug-likeness (QED) is 0.880. The van der Waals surface area contributed by atoms with Crippen molar-refractivity contribution >= 4 is 5.91 Å². The summed E-state index contributed by atoms with van der Waals surface area (Å²) < 4.78 is 43.8. The van der Waals surface area contributed by atoms with E-state index in [4.69, 9.17) is 15.7 Å². The number of nitriles is 1. The van der Waals surface area contributed by atoms with Crippen LogP contribution in [0.3, 0.4) is 0 Å². The number of amides is 1. The second-order valence-corrected chi connectivity index (χ2v) is 4.89. The van der Waals surface area contributed by atoms with Gasteiger partial charge in [-0.05, 0) is 37.1 Å². The number of aliphatic hydroxyl groups excluding tert-OH is 1. The maximum atomic E-state index is 12.8. The molecule has 0 aromatic heterocycles. The van der Waals surface area contributed by atoms with Gasteiger partial charge in [-0.3, -0.25) is 4.79 Å². The highest BCUT2D eigenvalue weighted by Crippen LogP contribution is 2.34. The molecule has 1 aliphatic rings. The van der Waals surface area contributed by atoms with E-state index in [2.05, 4.69) is 0 Å². The minimum absolute atomic E-state index is 0.0322. The topological polar surface area (TPSA) is 96.3 Å². The van der Waals surface area contributed by atoms with Gasteiger partial charge in [0.2, 0.25) is 0 Å². The van der Waals surface area contributed by atoms with Crippen LogP contribution in [0.5, 0.6) is 5.75 Å². The number of hydrogen-bond donors (Lipinski definition) is 2. The molecule has 1 unspecified atom stereocenters. The monoisotopic (exact) mass is 337 g/mol. The lowest BCUT2D eigenvalue weighted by Gasteiger charge is -2.20. The van der Waals surface area contributed by atoms with Crippen molar-refractivity contribution in [2.45, 2.75) is 18.7 Å². The van der Waals surface area contributed by atoms with Gasteiger partial charge in [-0.15, -0.1) is 0 Å². The zero-order valence-electron chi connectivity index (χ0n) is 12.2. The molecule has 0 saturated heterocycles. The zero-order valence-corrected chi connectivity index (χ0v) is 12.2. The third kappa shape index (κ3) is 3.75. The Morgan fingerprint density at radius 3 is 2.71 bits per heavy atom. The van der Waals surface area contributed by atoms with Gasteiger partial charge in [0.25, 0.3) is 5.91 Å². The first kappa shape index (κ1) is 17.6. The number of alkyl halides is 3. The minimum atomic E-state index is -4.66. The van der Waals surface area contributed by atoms with Crippen LogP contribution >= 0.6 is 0 Å². The number of nitrogens with zero attached hydrogens (tertiary/aromatic N) is 1.